The summed E-state index contributed by atoms with van der Waals surface area (Å²) in [6.07, 6.45) is 0.293. The number of nitrogens with one attached hydrogen (secondary N) is 1. The molecule has 0 radical (unpaired) electrons. The number of aliphatic hydroxyl groups is 1. The van der Waals surface area contributed by atoms with Gasteiger partial charge in [-0.25, -0.2) is 8.78 Å². The molecule has 1 aromatic carbocycles. The second-order valence-corrected chi connectivity index (χ2v) is 4.90. The molecule has 0 heterocycles. The first kappa shape index (κ1) is 11.3. The number of anilines is 1. The molecule has 0 bridgehead atoms. The van der Waals surface area contributed by atoms with Gasteiger partial charge >= 0.3 is 0 Å². The van der Waals surface area contributed by atoms with Crippen LogP contribution in [-0.4, -0.2) is 17.3 Å². The van der Waals surface area contributed by atoms with Crippen LogP contribution in [-0.2, 0) is 0 Å². The SMILES string of the molecule is CC1(C)C(O)CC1Nc1ccc(F)c(F)c1. The number of rotatable bonds is 2. The smallest absolute Gasteiger partial charge is 0.160 e. The molecule has 1 aliphatic carbocycles. The molecule has 2 rings (SSSR count). The number of halogens is 2. The Labute approximate surface area is 93.3 Å². The lowest BCUT2D eigenvalue weighted by atomic mass is 9.64. The lowest BCUT2D eigenvalue weighted by Crippen LogP contribution is -2.56. The Morgan fingerprint density at radius 1 is 1.31 bits per heavy atom. The van der Waals surface area contributed by atoms with Gasteiger partial charge in [0, 0.05) is 23.2 Å². The van der Waals surface area contributed by atoms with Gasteiger partial charge in [0.05, 0.1) is 6.10 Å². The van der Waals surface area contributed by atoms with Crippen molar-refractivity contribution < 1.29 is 13.9 Å². The third-order valence-electron chi connectivity index (χ3n) is 3.48. The molecule has 0 spiro atoms. The topological polar surface area (TPSA) is 32.3 Å². The summed E-state index contributed by atoms with van der Waals surface area (Å²) in [5, 5.41) is 12.6. The molecule has 2 N–H and O–H groups in total. The van der Waals surface area contributed by atoms with Crippen molar-refractivity contribution in [3.8, 4) is 0 Å². The predicted octanol–water partition coefficient (Wildman–Crippen LogP) is 2.54. The summed E-state index contributed by atoms with van der Waals surface area (Å²) in [5.41, 5.74) is 0.314. The first-order valence-corrected chi connectivity index (χ1v) is 5.31. The largest absolute Gasteiger partial charge is 0.392 e. The molecule has 1 fully saturated rings. The minimum Gasteiger partial charge on any atom is -0.392 e. The molecule has 1 aliphatic rings. The zero-order valence-electron chi connectivity index (χ0n) is 9.30. The molecular weight excluding hydrogens is 212 g/mol. The van der Waals surface area contributed by atoms with Crippen LogP contribution in [0.4, 0.5) is 14.5 Å². The molecule has 1 aromatic rings. The van der Waals surface area contributed by atoms with Crippen molar-refractivity contribution in [3.63, 3.8) is 0 Å². The minimum atomic E-state index is -0.859. The maximum absolute atomic E-state index is 13.0. The first-order chi connectivity index (χ1) is 7.41. The lowest BCUT2D eigenvalue weighted by Gasteiger charge is -2.49. The highest BCUT2D eigenvalue weighted by molar-refractivity contribution is 5.45. The Hall–Kier alpha value is -1.16. The molecule has 0 aliphatic heterocycles. The van der Waals surface area contributed by atoms with E-state index in [0.717, 1.165) is 12.1 Å². The van der Waals surface area contributed by atoms with Crippen LogP contribution in [0.15, 0.2) is 18.2 Å². The number of benzene rings is 1. The van der Waals surface area contributed by atoms with Crippen LogP contribution in [0.3, 0.4) is 0 Å². The second-order valence-electron chi connectivity index (χ2n) is 4.90. The van der Waals surface area contributed by atoms with Crippen molar-refractivity contribution in [3.05, 3.63) is 29.8 Å². The van der Waals surface area contributed by atoms with Crippen molar-refractivity contribution in [1.29, 1.82) is 0 Å². The third-order valence-corrected chi connectivity index (χ3v) is 3.48. The van der Waals surface area contributed by atoms with Gasteiger partial charge in [-0.3, -0.25) is 0 Å². The molecule has 88 valence electrons. The van der Waals surface area contributed by atoms with Crippen LogP contribution in [0.5, 0.6) is 0 Å². The van der Waals surface area contributed by atoms with E-state index in [0.29, 0.717) is 12.1 Å². The molecule has 0 saturated heterocycles. The van der Waals surface area contributed by atoms with E-state index in [1.54, 1.807) is 0 Å². The van der Waals surface area contributed by atoms with Crippen molar-refractivity contribution in [2.24, 2.45) is 5.41 Å². The summed E-state index contributed by atoms with van der Waals surface area (Å²) < 4.78 is 25.7. The predicted molar refractivity (Wildman–Crippen MR) is 58.2 cm³/mol. The van der Waals surface area contributed by atoms with Crippen LogP contribution in [0, 0.1) is 17.0 Å². The quantitative estimate of drug-likeness (QED) is 0.813. The Kier molecular flexibility index (Phi) is 2.62. The van der Waals surface area contributed by atoms with Gasteiger partial charge in [0.25, 0.3) is 0 Å². The Bertz CT molecular complexity index is 406. The Balaban J connectivity index is 2.08. The van der Waals surface area contributed by atoms with Crippen LogP contribution in [0.25, 0.3) is 0 Å². The van der Waals surface area contributed by atoms with E-state index >= 15 is 0 Å². The van der Waals surface area contributed by atoms with Gasteiger partial charge in [-0.15, -0.1) is 0 Å². The number of hydrogen-bond acceptors (Lipinski definition) is 2. The molecular formula is C12H15F2NO. The van der Waals surface area contributed by atoms with E-state index in [1.165, 1.54) is 6.07 Å². The van der Waals surface area contributed by atoms with E-state index in [4.69, 9.17) is 0 Å². The van der Waals surface area contributed by atoms with E-state index < -0.39 is 11.6 Å². The zero-order valence-corrected chi connectivity index (χ0v) is 9.30. The molecule has 2 unspecified atom stereocenters. The fourth-order valence-corrected chi connectivity index (χ4v) is 1.93. The average molecular weight is 227 g/mol. The van der Waals surface area contributed by atoms with Crippen molar-refractivity contribution in [1.82, 2.24) is 0 Å². The van der Waals surface area contributed by atoms with Crippen molar-refractivity contribution >= 4 is 5.69 Å². The summed E-state index contributed by atoms with van der Waals surface area (Å²) in [6, 6.07) is 3.82. The van der Waals surface area contributed by atoms with Crippen LogP contribution in [0.2, 0.25) is 0 Å². The molecule has 0 amide bonds. The fraction of sp³-hybridized carbons (Fsp3) is 0.500. The summed E-state index contributed by atoms with van der Waals surface area (Å²) >= 11 is 0. The Morgan fingerprint density at radius 2 is 2.00 bits per heavy atom. The maximum Gasteiger partial charge on any atom is 0.160 e. The van der Waals surface area contributed by atoms with Gasteiger partial charge in [-0.2, -0.15) is 0 Å². The van der Waals surface area contributed by atoms with Gasteiger partial charge in [0.2, 0.25) is 0 Å². The van der Waals surface area contributed by atoms with Crippen molar-refractivity contribution in [2.45, 2.75) is 32.4 Å². The summed E-state index contributed by atoms with van der Waals surface area (Å²) in [7, 11) is 0. The molecule has 1 saturated carbocycles. The molecule has 16 heavy (non-hydrogen) atoms. The monoisotopic (exact) mass is 227 g/mol. The second kappa shape index (κ2) is 3.70. The van der Waals surface area contributed by atoms with Gasteiger partial charge in [-0.1, -0.05) is 13.8 Å². The van der Waals surface area contributed by atoms with E-state index in [-0.39, 0.29) is 17.6 Å². The molecule has 2 atom stereocenters. The third kappa shape index (κ3) is 1.78. The normalized spacial score (nSPS) is 27.3. The standard InChI is InChI=1S/C12H15F2NO/c1-12(2)10(6-11(12)16)15-7-3-4-8(13)9(14)5-7/h3-5,10-11,15-16H,6H2,1-2H3. The first-order valence-electron chi connectivity index (χ1n) is 5.31. The van der Waals surface area contributed by atoms with E-state index in [1.807, 2.05) is 13.8 Å². The van der Waals surface area contributed by atoms with Crippen molar-refractivity contribution in [2.75, 3.05) is 5.32 Å². The van der Waals surface area contributed by atoms with E-state index in [9.17, 15) is 13.9 Å². The highest BCUT2D eigenvalue weighted by Crippen LogP contribution is 2.42. The molecule has 2 nitrogen and oxygen atoms in total. The van der Waals surface area contributed by atoms with Gasteiger partial charge < -0.3 is 10.4 Å². The minimum absolute atomic E-state index is 0.0901. The summed E-state index contributed by atoms with van der Waals surface area (Å²) in [4.78, 5) is 0. The van der Waals surface area contributed by atoms with Crippen LogP contribution >= 0.6 is 0 Å². The van der Waals surface area contributed by atoms with Crippen LogP contribution in [0.1, 0.15) is 20.3 Å². The van der Waals surface area contributed by atoms with Gasteiger partial charge in [0.1, 0.15) is 0 Å². The summed E-state index contributed by atoms with van der Waals surface area (Å²) in [5.74, 6) is -1.71. The van der Waals surface area contributed by atoms with Gasteiger partial charge in [-0.05, 0) is 18.6 Å². The molecule has 4 heteroatoms. The lowest BCUT2D eigenvalue weighted by molar-refractivity contribution is -0.0510. The highest BCUT2D eigenvalue weighted by Gasteiger charge is 2.47. The number of hydrogen-bond donors (Lipinski definition) is 2. The Morgan fingerprint density at radius 3 is 2.50 bits per heavy atom. The fourth-order valence-electron chi connectivity index (χ4n) is 1.93. The average Bonchev–Trinajstić information content (AvgIpc) is 2.23. The maximum atomic E-state index is 13.0. The zero-order chi connectivity index (χ0) is 11.9. The number of aliphatic hydroxyl groups excluding tert-OH is 1. The van der Waals surface area contributed by atoms with Crippen LogP contribution < -0.4 is 5.32 Å². The molecule has 0 aromatic heterocycles. The van der Waals surface area contributed by atoms with Gasteiger partial charge in [0.15, 0.2) is 11.6 Å². The van der Waals surface area contributed by atoms with E-state index in [2.05, 4.69) is 5.32 Å². The summed E-state index contributed by atoms with van der Waals surface area (Å²) in [6.45, 7) is 3.89. The highest BCUT2D eigenvalue weighted by atomic mass is 19.2.